The fourth-order valence-corrected chi connectivity index (χ4v) is 1.26. The van der Waals surface area contributed by atoms with Crippen LogP contribution in [0.3, 0.4) is 0 Å². The van der Waals surface area contributed by atoms with Crippen molar-refractivity contribution in [3.63, 3.8) is 0 Å². The highest BCUT2D eigenvalue weighted by Gasteiger charge is 2.36. The molecule has 0 aromatic heterocycles. The number of hydrogen-bond donors (Lipinski definition) is 0. The second-order valence-corrected chi connectivity index (χ2v) is 2.92. The number of Topliss-reactive ketones (excluding diaryl/α,β-unsaturated/α-hetero) is 1. The molecule has 0 bridgehead atoms. The number of carbonyl (C=O) groups is 1. The van der Waals surface area contributed by atoms with E-state index in [0.29, 0.717) is 5.71 Å². The fraction of sp³-hybridized carbons (Fsp3) is 0.375. The summed E-state index contributed by atoms with van der Waals surface area (Å²) in [5, 5.41) is 3.79. The molecule has 1 aliphatic heterocycles. The standard InChI is InChI=1S/C8H7F2N2O2/c9-8(10)14-7-1-2-11-12(7)5-3-6(13)4-5/h1-2,8H,3-4H2/q+1. The molecular formula is C8H7F2N2O2+. The van der Waals surface area contributed by atoms with Gasteiger partial charge in [0, 0.05) is 5.10 Å². The Morgan fingerprint density at radius 1 is 1.50 bits per heavy atom. The molecule has 0 spiro atoms. The molecular weight excluding hydrogens is 194 g/mol. The number of carbonyl (C=O) groups excluding carboxylic acids is 1. The normalized spacial score (nSPS) is 20.2. The second-order valence-electron chi connectivity index (χ2n) is 2.92. The van der Waals surface area contributed by atoms with Crippen molar-refractivity contribution >= 4 is 17.7 Å². The lowest BCUT2D eigenvalue weighted by Gasteiger charge is -2.10. The van der Waals surface area contributed by atoms with E-state index in [0.717, 1.165) is 0 Å². The van der Waals surface area contributed by atoms with Gasteiger partial charge in [0.25, 0.3) is 0 Å². The van der Waals surface area contributed by atoms with E-state index in [1.165, 1.54) is 17.0 Å². The summed E-state index contributed by atoms with van der Waals surface area (Å²) in [5.41, 5.74) is 0.690. The number of nitrogens with zero attached hydrogens (tertiary/aromatic N) is 2. The largest absolute Gasteiger partial charge is 0.405 e. The first-order valence-corrected chi connectivity index (χ1v) is 4.02. The molecule has 1 fully saturated rings. The second kappa shape index (κ2) is 3.28. The maximum atomic E-state index is 11.9. The molecule has 0 aromatic rings. The lowest BCUT2D eigenvalue weighted by atomic mass is 9.95. The summed E-state index contributed by atoms with van der Waals surface area (Å²) in [6.07, 6.45) is 3.22. The van der Waals surface area contributed by atoms with Gasteiger partial charge in [0.1, 0.15) is 6.21 Å². The fourth-order valence-electron chi connectivity index (χ4n) is 1.26. The number of ether oxygens (including phenoxy) is 1. The van der Waals surface area contributed by atoms with Gasteiger partial charge in [0.2, 0.25) is 5.71 Å². The zero-order valence-corrected chi connectivity index (χ0v) is 7.11. The van der Waals surface area contributed by atoms with E-state index in [1.54, 1.807) is 0 Å². The van der Waals surface area contributed by atoms with Crippen molar-refractivity contribution in [3.05, 3.63) is 12.0 Å². The minimum atomic E-state index is -2.87. The topological polar surface area (TPSA) is 41.7 Å². The monoisotopic (exact) mass is 201 g/mol. The van der Waals surface area contributed by atoms with Crippen molar-refractivity contribution in [2.75, 3.05) is 0 Å². The van der Waals surface area contributed by atoms with Crippen molar-refractivity contribution in [1.82, 2.24) is 0 Å². The number of hydrogen-bond acceptors (Lipinski definition) is 3. The average molecular weight is 201 g/mol. The maximum Gasteiger partial charge on any atom is 0.405 e. The molecule has 74 valence electrons. The lowest BCUT2D eigenvalue weighted by Crippen LogP contribution is -2.31. The summed E-state index contributed by atoms with van der Waals surface area (Å²) in [7, 11) is 0. The van der Waals surface area contributed by atoms with Crippen LogP contribution in [-0.2, 0) is 9.53 Å². The first-order chi connectivity index (χ1) is 6.66. The number of hydrazone groups is 1. The first-order valence-electron chi connectivity index (χ1n) is 4.02. The minimum absolute atomic E-state index is 0.0255. The predicted octanol–water partition coefficient (Wildman–Crippen LogP) is 0.883. The van der Waals surface area contributed by atoms with E-state index in [-0.39, 0.29) is 24.5 Å². The Labute approximate surface area is 78.2 Å². The SMILES string of the molecule is O=C1CC(=[N+]2N=CC=C2OC(F)F)C1. The lowest BCUT2D eigenvalue weighted by molar-refractivity contribution is -0.521. The number of allylic oxidation sites excluding steroid dienone is 1. The van der Waals surface area contributed by atoms with Crippen molar-refractivity contribution in [1.29, 1.82) is 0 Å². The third-order valence-corrected chi connectivity index (χ3v) is 1.92. The number of ketones is 1. The Morgan fingerprint density at radius 2 is 2.21 bits per heavy atom. The van der Waals surface area contributed by atoms with Crippen LogP contribution in [0.15, 0.2) is 17.1 Å². The van der Waals surface area contributed by atoms with E-state index >= 15 is 0 Å². The molecule has 1 heterocycles. The smallest absolute Gasteiger partial charge is 0.379 e. The molecule has 0 N–H and O–H groups in total. The number of alkyl halides is 2. The molecule has 1 saturated carbocycles. The maximum absolute atomic E-state index is 11.9. The number of rotatable bonds is 2. The highest BCUT2D eigenvalue weighted by Crippen LogP contribution is 2.17. The van der Waals surface area contributed by atoms with Crippen molar-refractivity contribution < 1.29 is 23.0 Å². The zero-order chi connectivity index (χ0) is 10.1. The summed E-state index contributed by atoms with van der Waals surface area (Å²) in [6.45, 7) is -2.87. The van der Waals surface area contributed by atoms with Crippen LogP contribution >= 0.6 is 0 Å². The first kappa shape index (κ1) is 8.98. The van der Waals surface area contributed by atoms with Crippen LogP contribution in [0.25, 0.3) is 0 Å². The van der Waals surface area contributed by atoms with Gasteiger partial charge in [-0.15, -0.1) is 0 Å². The van der Waals surface area contributed by atoms with Crippen LogP contribution in [0.2, 0.25) is 0 Å². The predicted molar refractivity (Wildman–Crippen MR) is 43.2 cm³/mol. The van der Waals surface area contributed by atoms with Crippen LogP contribution in [0.5, 0.6) is 0 Å². The molecule has 14 heavy (non-hydrogen) atoms. The Bertz CT molecular complexity index is 362. The van der Waals surface area contributed by atoms with Gasteiger partial charge >= 0.3 is 12.5 Å². The van der Waals surface area contributed by atoms with Crippen LogP contribution in [0.1, 0.15) is 12.8 Å². The molecule has 6 heteroatoms. The summed E-state index contributed by atoms with van der Waals surface area (Å²) in [4.78, 5) is 10.7. The molecule has 0 aromatic carbocycles. The molecule has 1 aliphatic carbocycles. The van der Waals surface area contributed by atoms with Gasteiger partial charge in [0.05, 0.1) is 18.9 Å². The van der Waals surface area contributed by atoms with Gasteiger partial charge in [0.15, 0.2) is 5.78 Å². The number of halogens is 2. The highest BCUT2D eigenvalue weighted by molar-refractivity contribution is 6.19. The van der Waals surface area contributed by atoms with Gasteiger partial charge in [-0.25, -0.2) is 0 Å². The summed E-state index contributed by atoms with van der Waals surface area (Å²) in [5.74, 6) is 0.0565. The van der Waals surface area contributed by atoms with E-state index < -0.39 is 6.61 Å². The Hall–Kier alpha value is -1.59. The molecule has 4 nitrogen and oxygen atoms in total. The molecule has 0 saturated heterocycles. The molecule has 0 unspecified atom stereocenters. The molecule has 2 rings (SSSR count). The van der Waals surface area contributed by atoms with Crippen molar-refractivity contribution in [2.45, 2.75) is 19.5 Å². The molecule has 0 amide bonds. The van der Waals surface area contributed by atoms with Gasteiger partial charge in [-0.3, -0.25) is 4.79 Å². The van der Waals surface area contributed by atoms with Crippen LogP contribution in [0, 0.1) is 0 Å². The summed E-state index contributed by atoms with van der Waals surface area (Å²) < 4.78 is 29.3. The quantitative estimate of drug-likeness (QED) is 0.622. The summed E-state index contributed by atoms with van der Waals surface area (Å²) >= 11 is 0. The zero-order valence-electron chi connectivity index (χ0n) is 7.11. The van der Waals surface area contributed by atoms with Crippen molar-refractivity contribution in [3.8, 4) is 0 Å². The third kappa shape index (κ3) is 1.55. The third-order valence-electron chi connectivity index (χ3n) is 1.92. The molecule has 0 radical (unpaired) electrons. The van der Waals surface area contributed by atoms with Crippen LogP contribution in [0.4, 0.5) is 8.78 Å². The Morgan fingerprint density at radius 3 is 2.79 bits per heavy atom. The molecule has 0 atom stereocenters. The van der Waals surface area contributed by atoms with Gasteiger partial charge in [-0.2, -0.15) is 8.78 Å². The van der Waals surface area contributed by atoms with E-state index in [4.69, 9.17) is 0 Å². The minimum Gasteiger partial charge on any atom is -0.379 e. The van der Waals surface area contributed by atoms with Gasteiger partial charge in [-0.1, -0.05) is 0 Å². The van der Waals surface area contributed by atoms with E-state index in [2.05, 4.69) is 9.84 Å². The van der Waals surface area contributed by atoms with Crippen LogP contribution in [-0.4, -0.2) is 29.0 Å². The van der Waals surface area contributed by atoms with Gasteiger partial charge in [-0.05, 0) is 4.68 Å². The van der Waals surface area contributed by atoms with Crippen molar-refractivity contribution in [2.24, 2.45) is 5.10 Å². The molecule has 2 aliphatic rings. The average Bonchev–Trinajstić information content (AvgIpc) is 2.45. The highest BCUT2D eigenvalue weighted by atomic mass is 19.3. The van der Waals surface area contributed by atoms with E-state index in [9.17, 15) is 13.6 Å². The Kier molecular flexibility index (Phi) is 2.11. The summed E-state index contributed by atoms with van der Waals surface area (Å²) in [6, 6.07) is 0. The van der Waals surface area contributed by atoms with E-state index in [1.807, 2.05) is 0 Å². The Balaban J connectivity index is 2.13. The van der Waals surface area contributed by atoms with Gasteiger partial charge < -0.3 is 4.74 Å². The van der Waals surface area contributed by atoms with Crippen LogP contribution < -0.4 is 0 Å².